The quantitative estimate of drug-likeness (QED) is 0.845. The first-order valence-corrected chi connectivity index (χ1v) is 6.94. The zero-order chi connectivity index (χ0) is 11.7. The maximum atomic E-state index is 5.79. The van der Waals surface area contributed by atoms with Gasteiger partial charge >= 0.3 is 0 Å². The highest BCUT2D eigenvalue weighted by molar-refractivity contribution is 5.58. The Morgan fingerprint density at radius 3 is 2.94 bits per heavy atom. The maximum Gasteiger partial charge on any atom is 0.0401 e. The second kappa shape index (κ2) is 4.69. The van der Waals surface area contributed by atoms with Crippen LogP contribution in [0.4, 0.5) is 5.69 Å². The van der Waals surface area contributed by atoms with Gasteiger partial charge in [0.2, 0.25) is 0 Å². The standard InChI is InChI=1S/C15H22N2/c16-10-12-8-9-17(11-12)15-7-3-5-13-4-1-2-6-14(13)15/h3,5,7,12H,1-2,4,6,8-11,16H2. The van der Waals surface area contributed by atoms with Crippen LogP contribution in [0.2, 0.25) is 0 Å². The summed E-state index contributed by atoms with van der Waals surface area (Å²) < 4.78 is 0. The highest BCUT2D eigenvalue weighted by atomic mass is 15.2. The predicted molar refractivity (Wildman–Crippen MR) is 72.5 cm³/mol. The molecule has 0 spiro atoms. The van der Waals surface area contributed by atoms with E-state index in [2.05, 4.69) is 23.1 Å². The van der Waals surface area contributed by atoms with Crippen molar-refractivity contribution in [2.45, 2.75) is 32.1 Å². The molecule has 1 aromatic rings. The van der Waals surface area contributed by atoms with E-state index in [-0.39, 0.29) is 0 Å². The SMILES string of the molecule is NCC1CCN(c2cccc3c2CCCC3)C1. The summed E-state index contributed by atoms with van der Waals surface area (Å²) in [6.07, 6.45) is 6.53. The number of anilines is 1. The van der Waals surface area contributed by atoms with E-state index in [1.165, 1.54) is 44.3 Å². The largest absolute Gasteiger partial charge is 0.371 e. The van der Waals surface area contributed by atoms with Gasteiger partial charge < -0.3 is 10.6 Å². The van der Waals surface area contributed by atoms with Gasteiger partial charge in [-0.05, 0) is 61.8 Å². The average Bonchev–Trinajstić information content (AvgIpc) is 2.87. The van der Waals surface area contributed by atoms with Crippen LogP contribution in [0.15, 0.2) is 18.2 Å². The summed E-state index contributed by atoms with van der Waals surface area (Å²) in [5.41, 5.74) is 10.5. The zero-order valence-corrected chi connectivity index (χ0v) is 10.5. The van der Waals surface area contributed by atoms with Gasteiger partial charge in [0, 0.05) is 18.8 Å². The Balaban J connectivity index is 1.88. The topological polar surface area (TPSA) is 29.3 Å². The first-order chi connectivity index (χ1) is 8.38. The molecule has 0 amide bonds. The Morgan fingerprint density at radius 2 is 2.12 bits per heavy atom. The van der Waals surface area contributed by atoms with E-state index in [0.717, 1.165) is 13.1 Å². The second-order valence-electron chi connectivity index (χ2n) is 5.46. The van der Waals surface area contributed by atoms with Crippen molar-refractivity contribution in [1.29, 1.82) is 0 Å². The summed E-state index contributed by atoms with van der Waals surface area (Å²) in [4.78, 5) is 2.56. The van der Waals surface area contributed by atoms with Crippen LogP contribution in [0.25, 0.3) is 0 Å². The molecule has 2 aliphatic rings. The van der Waals surface area contributed by atoms with E-state index in [4.69, 9.17) is 5.73 Å². The van der Waals surface area contributed by atoms with Crippen molar-refractivity contribution in [3.63, 3.8) is 0 Å². The number of rotatable bonds is 2. The second-order valence-corrected chi connectivity index (χ2v) is 5.46. The molecule has 92 valence electrons. The lowest BCUT2D eigenvalue weighted by atomic mass is 9.90. The molecule has 0 saturated carbocycles. The van der Waals surface area contributed by atoms with Crippen LogP contribution in [0.1, 0.15) is 30.4 Å². The smallest absolute Gasteiger partial charge is 0.0401 e. The molecule has 1 fully saturated rings. The lowest BCUT2D eigenvalue weighted by molar-refractivity contribution is 0.602. The number of hydrogen-bond donors (Lipinski definition) is 1. The lowest BCUT2D eigenvalue weighted by Crippen LogP contribution is -2.24. The lowest BCUT2D eigenvalue weighted by Gasteiger charge is -2.26. The third-order valence-corrected chi connectivity index (χ3v) is 4.33. The van der Waals surface area contributed by atoms with Crippen LogP contribution in [-0.2, 0) is 12.8 Å². The molecule has 1 aliphatic carbocycles. The van der Waals surface area contributed by atoms with Crippen LogP contribution in [-0.4, -0.2) is 19.6 Å². The Hall–Kier alpha value is -1.02. The highest BCUT2D eigenvalue weighted by Gasteiger charge is 2.24. The van der Waals surface area contributed by atoms with Crippen molar-refractivity contribution < 1.29 is 0 Å². The zero-order valence-electron chi connectivity index (χ0n) is 10.5. The molecule has 2 nitrogen and oxygen atoms in total. The minimum atomic E-state index is 0.703. The minimum absolute atomic E-state index is 0.703. The fourth-order valence-corrected chi connectivity index (χ4v) is 3.30. The molecule has 0 bridgehead atoms. The predicted octanol–water partition coefficient (Wildman–Crippen LogP) is 2.35. The van der Waals surface area contributed by atoms with E-state index in [1.54, 1.807) is 11.1 Å². The Labute approximate surface area is 104 Å². The fourth-order valence-electron chi connectivity index (χ4n) is 3.30. The molecule has 1 atom stereocenters. The molecule has 3 rings (SSSR count). The summed E-state index contributed by atoms with van der Waals surface area (Å²) >= 11 is 0. The Bertz CT molecular complexity index is 400. The van der Waals surface area contributed by atoms with Gasteiger partial charge in [-0.1, -0.05) is 12.1 Å². The molecule has 1 aromatic carbocycles. The first kappa shape index (κ1) is 11.1. The van der Waals surface area contributed by atoms with Crippen molar-refractivity contribution in [2.24, 2.45) is 11.7 Å². The van der Waals surface area contributed by atoms with Crippen molar-refractivity contribution >= 4 is 5.69 Å². The van der Waals surface area contributed by atoms with Crippen LogP contribution in [0.3, 0.4) is 0 Å². The molecular weight excluding hydrogens is 208 g/mol. The molecule has 1 aliphatic heterocycles. The van der Waals surface area contributed by atoms with E-state index in [0.29, 0.717) is 5.92 Å². The van der Waals surface area contributed by atoms with E-state index >= 15 is 0 Å². The van der Waals surface area contributed by atoms with Gasteiger partial charge in [-0.25, -0.2) is 0 Å². The van der Waals surface area contributed by atoms with Gasteiger partial charge in [-0.15, -0.1) is 0 Å². The number of fused-ring (bicyclic) bond motifs is 1. The van der Waals surface area contributed by atoms with Gasteiger partial charge in [0.25, 0.3) is 0 Å². The Kier molecular flexibility index (Phi) is 3.06. The number of hydrogen-bond acceptors (Lipinski definition) is 2. The third kappa shape index (κ3) is 2.06. The maximum absolute atomic E-state index is 5.79. The number of nitrogens with two attached hydrogens (primary N) is 1. The van der Waals surface area contributed by atoms with Gasteiger partial charge in [-0.2, -0.15) is 0 Å². The minimum Gasteiger partial charge on any atom is -0.371 e. The van der Waals surface area contributed by atoms with Crippen molar-refractivity contribution in [3.8, 4) is 0 Å². The molecular formula is C15H22N2. The van der Waals surface area contributed by atoms with Crippen LogP contribution >= 0.6 is 0 Å². The molecule has 0 aromatic heterocycles. The summed E-state index contributed by atoms with van der Waals surface area (Å²) in [5, 5.41) is 0. The molecule has 1 heterocycles. The van der Waals surface area contributed by atoms with E-state index < -0.39 is 0 Å². The van der Waals surface area contributed by atoms with E-state index in [1.807, 2.05) is 0 Å². The molecule has 2 heteroatoms. The van der Waals surface area contributed by atoms with Crippen LogP contribution in [0.5, 0.6) is 0 Å². The molecule has 17 heavy (non-hydrogen) atoms. The summed E-state index contributed by atoms with van der Waals surface area (Å²) in [5.74, 6) is 0.703. The first-order valence-electron chi connectivity index (χ1n) is 6.94. The van der Waals surface area contributed by atoms with Gasteiger partial charge in [0.05, 0.1) is 0 Å². The Morgan fingerprint density at radius 1 is 1.24 bits per heavy atom. The normalized spacial score (nSPS) is 23.8. The van der Waals surface area contributed by atoms with Crippen molar-refractivity contribution in [3.05, 3.63) is 29.3 Å². The van der Waals surface area contributed by atoms with Crippen LogP contribution in [0, 0.1) is 5.92 Å². The molecule has 0 radical (unpaired) electrons. The van der Waals surface area contributed by atoms with Gasteiger partial charge in [-0.3, -0.25) is 0 Å². The number of benzene rings is 1. The van der Waals surface area contributed by atoms with Crippen LogP contribution < -0.4 is 10.6 Å². The summed E-state index contributed by atoms with van der Waals surface area (Å²) in [7, 11) is 0. The fraction of sp³-hybridized carbons (Fsp3) is 0.600. The van der Waals surface area contributed by atoms with Gasteiger partial charge in [0.1, 0.15) is 0 Å². The van der Waals surface area contributed by atoms with Crippen molar-refractivity contribution in [2.75, 3.05) is 24.5 Å². The highest BCUT2D eigenvalue weighted by Crippen LogP contribution is 2.33. The molecule has 1 unspecified atom stereocenters. The summed E-state index contributed by atoms with van der Waals surface area (Å²) in [6.45, 7) is 3.19. The molecule has 1 saturated heterocycles. The van der Waals surface area contributed by atoms with Crippen molar-refractivity contribution in [1.82, 2.24) is 0 Å². The molecule has 2 N–H and O–H groups in total. The third-order valence-electron chi connectivity index (χ3n) is 4.33. The number of aryl methyl sites for hydroxylation is 1. The number of nitrogens with zero attached hydrogens (tertiary/aromatic N) is 1. The van der Waals surface area contributed by atoms with E-state index in [9.17, 15) is 0 Å². The summed E-state index contributed by atoms with van der Waals surface area (Å²) in [6, 6.07) is 6.85. The van der Waals surface area contributed by atoms with Gasteiger partial charge in [0.15, 0.2) is 0 Å². The average molecular weight is 230 g/mol. The monoisotopic (exact) mass is 230 g/mol.